The average Bonchev–Trinajstić information content (AvgIpc) is 3.26. The van der Waals surface area contributed by atoms with Crippen molar-refractivity contribution in [3.63, 3.8) is 0 Å². The summed E-state index contributed by atoms with van der Waals surface area (Å²) in [7, 11) is 0. The van der Waals surface area contributed by atoms with Crippen molar-refractivity contribution in [1.82, 2.24) is 4.90 Å². The van der Waals surface area contributed by atoms with Crippen molar-refractivity contribution in [2.45, 2.75) is 45.3 Å². The zero-order valence-electron chi connectivity index (χ0n) is 19.7. The summed E-state index contributed by atoms with van der Waals surface area (Å²) < 4.78 is 25.9. The number of anilines is 2. The van der Waals surface area contributed by atoms with E-state index in [-0.39, 0.29) is 18.0 Å². The molecule has 1 amide bonds. The number of nitrogens with two attached hydrogens (primary N) is 2. The van der Waals surface area contributed by atoms with Gasteiger partial charge in [-0.05, 0) is 63.4 Å². The molecule has 0 aliphatic carbocycles. The second-order valence-corrected chi connectivity index (χ2v) is 9.46. The minimum atomic E-state index is -0.594. The van der Waals surface area contributed by atoms with E-state index >= 15 is 0 Å². The van der Waals surface area contributed by atoms with Gasteiger partial charge in [0.15, 0.2) is 0 Å². The van der Waals surface area contributed by atoms with E-state index in [0.717, 1.165) is 24.0 Å². The maximum atomic E-state index is 14.1. The van der Waals surface area contributed by atoms with Gasteiger partial charge in [-0.3, -0.25) is 0 Å². The first-order valence-corrected chi connectivity index (χ1v) is 11.3. The van der Waals surface area contributed by atoms with Crippen molar-refractivity contribution in [2.75, 3.05) is 18.0 Å². The smallest absolute Gasteiger partial charge is 0.410 e. The van der Waals surface area contributed by atoms with Gasteiger partial charge in [-0.1, -0.05) is 30.3 Å². The number of carbonyl (C=O) groups excluding carboxylic acids is 1. The van der Waals surface area contributed by atoms with E-state index in [1.165, 1.54) is 6.07 Å². The number of ether oxygens (including phenoxy) is 2. The molecule has 34 heavy (non-hydrogen) atoms. The number of rotatable bonds is 4. The predicted octanol–water partition coefficient (Wildman–Crippen LogP) is 6.52. The second kappa shape index (κ2) is 9.25. The quantitative estimate of drug-likeness (QED) is 0.430. The number of hydrogen-bond donors (Lipinski definition) is 2. The third kappa shape index (κ3) is 5.09. The summed E-state index contributed by atoms with van der Waals surface area (Å²) in [5.74, 6) is 0.798. The Balaban J connectivity index is 1.63. The van der Waals surface area contributed by atoms with E-state index < -0.39 is 5.60 Å². The first-order chi connectivity index (χ1) is 16.1. The molecular formula is C27H30FN3O3. The van der Waals surface area contributed by atoms with Crippen LogP contribution in [0.3, 0.4) is 0 Å². The molecule has 6 nitrogen and oxygen atoms in total. The van der Waals surface area contributed by atoms with Crippen LogP contribution in [0.15, 0.2) is 60.7 Å². The lowest BCUT2D eigenvalue weighted by molar-refractivity contribution is 0.0223. The van der Waals surface area contributed by atoms with Crippen molar-refractivity contribution in [3.05, 3.63) is 72.0 Å². The Kier molecular flexibility index (Phi) is 6.37. The molecule has 0 radical (unpaired) electrons. The molecular weight excluding hydrogens is 433 g/mol. The van der Waals surface area contributed by atoms with Crippen LogP contribution in [-0.4, -0.2) is 23.1 Å². The van der Waals surface area contributed by atoms with Crippen molar-refractivity contribution >= 4 is 17.5 Å². The van der Waals surface area contributed by atoms with Crippen LogP contribution in [0.4, 0.5) is 20.6 Å². The summed E-state index contributed by atoms with van der Waals surface area (Å²) in [6.07, 6.45) is 1.22. The van der Waals surface area contributed by atoms with Gasteiger partial charge in [-0.25, -0.2) is 9.18 Å². The Bertz CT molecular complexity index is 1190. The number of nitrogens with zero attached hydrogens (tertiary/aromatic N) is 1. The fourth-order valence-corrected chi connectivity index (χ4v) is 4.13. The SMILES string of the molecule is CC(C)(C)OC(=O)N1CCCC1c1cc(N)c(N)cc1Oc1ccc(-c2ccccc2F)cc1. The first kappa shape index (κ1) is 23.4. The molecule has 1 aliphatic rings. The summed E-state index contributed by atoms with van der Waals surface area (Å²) in [6.45, 7) is 6.12. The van der Waals surface area contributed by atoms with Crippen molar-refractivity contribution in [2.24, 2.45) is 0 Å². The van der Waals surface area contributed by atoms with Gasteiger partial charge < -0.3 is 25.8 Å². The molecule has 1 atom stereocenters. The summed E-state index contributed by atoms with van der Waals surface area (Å²) in [4.78, 5) is 14.6. The minimum absolute atomic E-state index is 0.245. The van der Waals surface area contributed by atoms with Crippen molar-refractivity contribution in [1.29, 1.82) is 0 Å². The van der Waals surface area contributed by atoms with Gasteiger partial charge >= 0.3 is 6.09 Å². The summed E-state index contributed by atoms with van der Waals surface area (Å²) in [5.41, 5.74) is 14.5. The number of carbonyl (C=O) groups is 1. The fourth-order valence-electron chi connectivity index (χ4n) is 4.13. The zero-order chi connectivity index (χ0) is 24.5. The molecule has 1 fully saturated rings. The predicted molar refractivity (Wildman–Crippen MR) is 132 cm³/mol. The van der Waals surface area contributed by atoms with E-state index in [9.17, 15) is 9.18 Å². The second-order valence-electron chi connectivity index (χ2n) is 9.46. The molecule has 178 valence electrons. The molecule has 1 heterocycles. The van der Waals surface area contributed by atoms with Gasteiger partial charge in [-0.2, -0.15) is 0 Å². The topological polar surface area (TPSA) is 90.8 Å². The van der Waals surface area contributed by atoms with E-state index in [4.69, 9.17) is 20.9 Å². The van der Waals surface area contributed by atoms with Crippen LogP contribution in [0.5, 0.6) is 11.5 Å². The van der Waals surface area contributed by atoms with Gasteiger partial charge in [0.1, 0.15) is 22.9 Å². The number of likely N-dealkylation sites (tertiary alicyclic amines) is 1. The van der Waals surface area contributed by atoms with Gasteiger partial charge in [0.2, 0.25) is 0 Å². The fraction of sp³-hybridized carbons (Fsp3) is 0.296. The third-order valence-corrected chi connectivity index (χ3v) is 5.72. The normalized spacial score (nSPS) is 15.9. The number of nitrogen functional groups attached to an aromatic ring is 2. The van der Waals surface area contributed by atoms with Crippen LogP contribution in [-0.2, 0) is 4.74 Å². The molecule has 7 heteroatoms. The van der Waals surface area contributed by atoms with Crippen LogP contribution in [0, 0.1) is 5.82 Å². The summed E-state index contributed by atoms with van der Waals surface area (Å²) in [6, 6.07) is 17.0. The van der Waals surface area contributed by atoms with Crippen LogP contribution in [0.2, 0.25) is 0 Å². The van der Waals surface area contributed by atoms with Crippen molar-refractivity contribution in [3.8, 4) is 22.6 Å². The molecule has 0 aromatic heterocycles. The van der Waals surface area contributed by atoms with Crippen LogP contribution in [0.1, 0.15) is 45.2 Å². The number of amides is 1. The largest absolute Gasteiger partial charge is 0.457 e. The van der Waals surface area contributed by atoms with Gasteiger partial charge in [0.05, 0.1) is 17.4 Å². The van der Waals surface area contributed by atoms with Gasteiger partial charge in [-0.15, -0.1) is 0 Å². The van der Waals surface area contributed by atoms with E-state index in [2.05, 4.69) is 0 Å². The lowest BCUT2D eigenvalue weighted by atomic mass is 10.0. The van der Waals surface area contributed by atoms with Crippen LogP contribution >= 0.6 is 0 Å². The molecule has 1 saturated heterocycles. The molecule has 4 N–H and O–H groups in total. The Morgan fingerprint density at radius 3 is 2.38 bits per heavy atom. The number of benzene rings is 3. The molecule has 1 aliphatic heterocycles. The van der Waals surface area contributed by atoms with E-state index in [0.29, 0.717) is 35.0 Å². The Morgan fingerprint density at radius 1 is 1.03 bits per heavy atom. The Labute approximate surface area is 199 Å². The van der Waals surface area contributed by atoms with E-state index in [1.807, 2.05) is 20.8 Å². The maximum Gasteiger partial charge on any atom is 0.410 e. The molecule has 4 rings (SSSR count). The lowest BCUT2D eigenvalue weighted by Gasteiger charge is -2.30. The standard InChI is InChI=1S/C27H30FN3O3/c1-27(2,3)34-26(32)31-14-6-9-24(31)20-15-22(29)23(30)16-25(20)33-18-12-10-17(11-13-18)19-7-4-5-8-21(19)28/h4-5,7-8,10-13,15-16,24H,6,9,14,29-30H2,1-3H3. The van der Waals surface area contributed by atoms with Crippen molar-refractivity contribution < 1.29 is 18.7 Å². The molecule has 1 unspecified atom stereocenters. The Morgan fingerprint density at radius 2 is 1.71 bits per heavy atom. The van der Waals surface area contributed by atoms with Gasteiger partial charge in [0.25, 0.3) is 0 Å². The maximum absolute atomic E-state index is 14.1. The molecule has 3 aromatic carbocycles. The molecule has 3 aromatic rings. The van der Waals surface area contributed by atoms with Crippen LogP contribution in [0.25, 0.3) is 11.1 Å². The summed E-state index contributed by atoms with van der Waals surface area (Å²) >= 11 is 0. The highest BCUT2D eigenvalue weighted by atomic mass is 19.1. The van der Waals surface area contributed by atoms with E-state index in [1.54, 1.807) is 59.5 Å². The first-order valence-electron chi connectivity index (χ1n) is 11.3. The number of hydrogen-bond acceptors (Lipinski definition) is 5. The van der Waals surface area contributed by atoms with Crippen LogP contribution < -0.4 is 16.2 Å². The highest BCUT2D eigenvalue weighted by molar-refractivity contribution is 5.72. The Hall–Kier alpha value is -3.74. The highest BCUT2D eigenvalue weighted by Crippen LogP contribution is 2.42. The average molecular weight is 464 g/mol. The third-order valence-electron chi connectivity index (χ3n) is 5.72. The minimum Gasteiger partial charge on any atom is -0.457 e. The molecule has 0 saturated carbocycles. The highest BCUT2D eigenvalue weighted by Gasteiger charge is 2.35. The monoisotopic (exact) mass is 463 g/mol. The van der Waals surface area contributed by atoms with Gasteiger partial charge in [0, 0.05) is 23.7 Å². The number of halogens is 1. The lowest BCUT2D eigenvalue weighted by Crippen LogP contribution is -2.36. The molecule has 0 bridgehead atoms. The summed E-state index contributed by atoms with van der Waals surface area (Å²) in [5, 5.41) is 0. The zero-order valence-corrected chi connectivity index (χ0v) is 19.7. The molecule has 0 spiro atoms.